The van der Waals surface area contributed by atoms with Crippen LogP contribution in [-0.2, 0) is 19.5 Å². The van der Waals surface area contributed by atoms with Gasteiger partial charge in [-0.3, -0.25) is 9.89 Å². The Morgan fingerprint density at radius 1 is 1.29 bits per heavy atom. The van der Waals surface area contributed by atoms with E-state index >= 15 is 0 Å². The lowest BCUT2D eigenvalue weighted by atomic mass is 10.1. The highest BCUT2D eigenvalue weighted by Crippen LogP contribution is 2.18. The van der Waals surface area contributed by atoms with Crippen molar-refractivity contribution >= 4 is 16.8 Å². The first-order valence-electron chi connectivity index (χ1n) is 8.36. The van der Waals surface area contributed by atoms with Crippen LogP contribution in [0, 0.1) is 6.92 Å². The third kappa shape index (κ3) is 2.66. The molecule has 7 nitrogen and oxygen atoms in total. The number of carbonyl (C=O) groups excluding carboxylic acids is 1. The Morgan fingerprint density at radius 2 is 2.21 bits per heavy atom. The first kappa shape index (κ1) is 14.9. The smallest absolute Gasteiger partial charge is 0.272 e. The van der Waals surface area contributed by atoms with Gasteiger partial charge in [-0.2, -0.15) is 5.10 Å². The SMILES string of the molecule is Cc1ccc2[nH]nc(C(=O)NCc3nnc4n3CCCCC4)c2c1. The Balaban J connectivity index is 1.52. The normalized spacial score (nSPS) is 14.4. The van der Waals surface area contributed by atoms with Crippen LogP contribution in [0.5, 0.6) is 0 Å². The second-order valence-corrected chi connectivity index (χ2v) is 6.30. The number of nitrogens with one attached hydrogen (secondary N) is 2. The molecule has 3 heterocycles. The minimum atomic E-state index is -0.196. The summed E-state index contributed by atoms with van der Waals surface area (Å²) in [6.45, 7) is 3.30. The molecule has 2 N–H and O–H groups in total. The Labute approximate surface area is 139 Å². The molecule has 24 heavy (non-hydrogen) atoms. The lowest BCUT2D eigenvalue weighted by Crippen LogP contribution is -2.25. The molecule has 0 radical (unpaired) electrons. The van der Waals surface area contributed by atoms with Crippen LogP contribution >= 0.6 is 0 Å². The Kier molecular flexibility index (Phi) is 3.76. The molecule has 0 fully saturated rings. The van der Waals surface area contributed by atoms with Crippen molar-refractivity contribution in [1.82, 2.24) is 30.3 Å². The number of amides is 1. The van der Waals surface area contributed by atoms with Gasteiger partial charge in [-0.15, -0.1) is 10.2 Å². The van der Waals surface area contributed by atoms with Crippen molar-refractivity contribution in [2.24, 2.45) is 0 Å². The van der Waals surface area contributed by atoms with Crippen molar-refractivity contribution < 1.29 is 4.79 Å². The van der Waals surface area contributed by atoms with E-state index in [1.165, 1.54) is 6.42 Å². The number of aryl methyl sites for hydroxylation is 2. The summed E-state index contributed by atoms with van der Waals surface area (Å²) in [7, 11) is 0. The van der Waals surface area contributed by atoms with Crippen molar-refractivity contribution in [2.75, 3.05) is 0 Å². The van der Waals surface area contributed by atoms with Gasteiger partial charge in [0, 0.05) is 18.4 Å². The molecule has 2 aromatic heterocycles. The van der Waals surface area contributed by atoms with E-state index in [9.17, 15) is 4.79 Å². The molecule has 4 rings (SSSR count). The summed E-state index contributed by atoms with van der Waals surface area (Å²) in [6, 6.07) is 5.90. The molecule has 0 unspecified atom stereocenters. The molecule has 1 amide bonds. The highest BCUT2D eigenvalue weighted by atomic mass is 16.1. The van der Waals surface area contributed by atoms with Gasteiger partial charge in [-0.1, -0.05) is 18.1 Å². The number of nitrogens with zero attached hydrogens (tertiary/aromatic N) is 4. The van der Waals surface area contributed by atoms with E-state index in [2.05, 4.69) is 30.3 Å². The highest BCUT2D eigenvalue weighted by Gasteiger charge is 2.17. The van der Waals surface area contributed by atoms with E-state index in [0.29, 0.717) is 12.2 Å². The van der Waals surface area contributed by atoms with Crippen molar-refractivity contribution in [1.29, 1.82) is 0 Å². The highest BCUT2D eigenvalue weighted by molar-refractivity contribution is 6.04. The maximum atomic E-state index is 12.5. The van der Waals surface area contributed by atoms with Crippen LogP contribution in [0.15, 0.2) is 18.2 Å². The second kappa shape index (κ2) is 6.07. The molecule has 0 spiro atoms. The molecule has 0 saturated carbocycles. The molecule has 1 aromatic carbocycles. The Bertz CT molecular complexity index is 894. The number of hydrogen-bond donors (Lipinski definition) is 2. The standard InChI is InChI=1S/C17H20N6O/c1-11-6-7-13-12(9-11)16(22-19-13)17(24)18-10-15-21-20-14-5-3-2-4-8-23(14)15/h6-7,9H,2-5,8,10H2,1H3,(H,18,24)(H,19,22). The van der Waals surface area contributed by atoms with Gasteiger partial charge in [0.2, 0.25) is 0 Å². The van der Waals surface area contributed by atoms with Crippen molar-refractivity contribution in [3.8, 4) is 0 Å². The van der Waals surface area contributed by atoms with E-state index in [1.54, 1.807) is 0 Å². The van der Waals surface area contributed by atoms with E-state index in [4.69, 9.17) is 0 Å². The van der Waals surface area contributed by atoms with Gasteiger partial charge in [-0.05, 0) is 31.9 Å². The fourth-order valence-electron chi connectivity index (χ4n) is 3.22. The van der Waals surface area contributed by atoms with Crippen LogP contribution in [0.3, 0.4) is 0 Å². The van der Waals surface area contributed by atoms with Crippen LogP contribution in [0.25, 0.3) is 10.9 Å². The molecule has 3 aromatic rings. The third-order valence-corrected chi connectivity index (χ3v) is 4.53. The number of carbonyl (C=O) groups is 1. The summed E-state index contributed by atoms with van der Waals surface area (Å²) in [5.41, 5.74) is 2.38. The van der Waals surface area contributed by atoms with Gasteiger partial charge in [0.05, 0.1) is 12.1 Å². The van der Waals surface area contributed by atoms with Crippen molar-refractivity contribution in [3.05, 3.63) is 41.1 Å². The zero-order chi connectivity index (χ0) is 16.5. The summed E-state index contributed by atoms with van der Waals surface area (Å²) in [5, 5.41) is 19.3. The van der Waals surface area contributed by atoms with Gasteiger partial charge in [0.1, 0.15) is 5.82 Å². The minimum Gasteiger partial charge on any atom is -0.343 e. The molecule has 0 saturated heterocycles. The summed E-state index contributed by atoms with van der Waals surface area (Å²) >= 11 is 0. The molecular formula is C17H20N6O. The number of rotatable bonds is 3. The van der Waals surface area contributed by atoms with E-state index in [0.717, 1.165) is 53.9 Å². The molecule has 0 bridgehead atoms. The predicted octanol–water partition coefficient (Wildman–Crippen LogP) is 2.12. The third-order valence-electron chi connectivity index (χ3n) is 4.53. The van der Waals surface area contributed by atoms with E-state index in [-0.39, 0.29) is 5.91 Å². The first-order chi connectivity index (χ1) is 11.7. The number of H-pyrrole nitrogens is 1. The van der Waals surface area contributed by atoms with Crippen LogP contribution in [0.1, 0.15) is 47.0 Å². The lowest BCUT2D eigenvalue weighted by molar-refractivity contribution is 0.0946. The summed E-state index contributed by atoms with van der Waals surface area (Å²) in [5.74, 6) is 1.65. The average molecular weight is 324 g/mol. The van der Waals surface area contributed by atoms with Gasteiger partial charge >= 0.3 is 0 Å². The molecule has 0 atom stereocenters. The van der Waals surface area contributed by atoms with Gasteiger partial charge < -0.3 is 9.88 Å². The van der Waals surface area contributed by atoms with Crippen molar-refractivity contribution in [3.63, 3.8) is 0 Å². The van der Waals surface area contributed by atoms with Crippen LogP contribution in [0.2, 0.25) is 0 Å². The van der Waals surface area contributed by atoms with E-state index < -0.39 is 0 Å². The second-order valence-electron chi connectivity index (χ2n) is 6.30. The number of aromatic amines is 1. The molecule has 124 valence electrons. The van der Waals surface area contributed by atoms with E-state index in [1.807, 2.05) is 25.1 Å². The number of benzene rings is 1. The summed E-state index contributed by atoms with van der Waals surface area (Å²) in [4.78, 5) is 12.5. The maximum absolute atomic E-state index is 12.5. The van der Waals surface area contributed by atoms with Crippen LogP contribution in [-0.4, -0.2) is 30.9 Å². The topological polar surface area (TPSA) is 88.5 Å². The zero-order valence-corrected chi connectivity index (χ0v) is 13.7. The van der Waals surface area contributed by atoms with Gasteiger partial charge in [0.15, 0.2) is 11.5 Å². The summed E-state index contributed by atoms with van der Waals surface area (Å²) in [6.07, 6.45) is 4.47. The molecule has 1 aliphatic rings. The zero-order valence-electron chi connectivity index (χ0n) is 13.7. The molecular weight excluding hydrogens is 304 g/mol. The predicted molar refractivity (Wildman–Crippen MR) is 89.6 cm³/mol. The Hall–Kier alpha value is -2.70. The lowest BCUT2D eigenvalue weighted by Gasteiger charge is -2.07. The Morgan fingerprint density at radius 3 is 3.12 bits per heavy atom. The monoisotopic (exact) mass is 324 g/mol. The number of hydrogen-bond acceptors (Lipinski definition) is 4. The quantitative estimate of drug-likeness (QED) is 0.772. The minimum absolute atomic E-state index is 0.196. The fraction of sp³-hybridized carbons (Fsp3) is 0.412. The molecule has 0 aliphatic carbocycles. The summed E-state index contributed by atoms with van der Waals surface area (Å²) < 4.78 is 2.14. The first-order valence-corrected chi connectivity index (χ1v) is 8.36. The van der Waals surface area contributed by atoms with Crippen LogP contribution < -0.4 is 5.32 Å². The maximum Gasteiger partial charge on any atom is 0.272 e. The van der Waals surface area contributed by atoms with Gasteiger partial charge in [0.25, 0.3) is 5.91 Å². The molecule has 1 aliphatic heterocycles. The fourth-order valence-corrected chi connectivity index (χ4v) is 3.22. The average Bonchev–Trinajstić information content (AvgIpc) is 3.09. The number of fused-ring (bicyclic) bond motifs is 2. The van der Waals surface area contributed by atoms with Crippen molar-refractivity contribution in [2.45, 2.75) is 45.7 Å². The molecule has 7 heteroatoms. The largest absolute Gasteiger partial charge is 0.343 e. The number of aromatic nitrogens is 5. The van der Waals surface area contributed by atoms with Gasteiger partial charge in [-0.25, -0.2) is 0 Å². The van der Waals surface area contributed by atoms with Crippen LogP contribution in [0.4, 0.5) is 0 Å².